The van der Waals surface area contributed by atoms with Gasteiger partial charge < -0.3 is 33.5 Å². The van der Waals surface area contributed by atoms with Crippen LogP contribution in [0.15, 0.2) is 30.0 Å². The van der Waals surface area contributed by atoms with Crippen molar-refractivity contribution < 1.29 is 38.1 Å². The molecule has 10 heteroatoms. The van der Waals surface area contributed by atoms with Crippen LogP contribution >= 0.6 is 0 Å². The summed E-state index contributed by atoms with van der Waals surface area (Å²) in [5.41, 5.74) is 0.460. The first-order valence-corrected chi connectivity index (χ1v) is 15.1. The van der Waals surface area contributed by atoms with Gasteiger partial charge in [0.1, 0.15) is 5.41 Å². The SMILES string of the molecule is COC(=O)[C@]12C[C@H](CC(=O)N3CCOCC3)C(=O)N(CCc3ccc(OC)c(OC)c3)C1=C[C@H](C(C)C)O[C@@H]2C1CC1. The van der Waals surface area contributed by atoms with Gasteiger partial charge in [0, 0.05) is 37.7 Å². The highest BCUT2D eigenvalue weighted by molar-refractivity contribution is 5.93. The summed E-state index contributed by atoms with van der Waals surface area (Å²) in [7, 11) is 4.58. The lowest BCUT2D eigenvalue weighted by Gasteiger charge is -2.53. The molecule has 42 heavy (non-hydrogen) atoms. The molecule has 0 N–H and O–H groups in total. The number of methoxy groups -OCH3 is 3. The van der Waals surface area contributed by atoms with E-state index in [1.807, 2.05) is 24.3 Å². The number of esters is 1. The van der Waals surface area contributed by atoms with Crippen molar-refractivity contribution in [1.29, 1.82) is 0 Å². The number of hydrogen-bond donors (Lipinski definition) is 0. The molecule has 0 bridgehead atoms. The summed E-state index contributed by atoms with van der Waals surface area (Å²) in [4.78, 5) is 45.2. The van der Waals surface area contributed by atoms with Crippen molar-refractivity contribution in [3.05, 3.63) is 35.5 Å². The normalized spacial score (nSPS) is 27.8. The molecule has 0 aromatic heterocycles. The van der Waals surface area contributed by atoms with Gasteiger partial charge >= 0.3 is 5.97 Å². The summed E-state index contributed by atoms with van der Waals surface area (Å²) in [6.07, 6.45) is 3.96. The third kappa shape index (κ3) is 5.75. The van der Waals surface area contributed by atoms with Gasteiger partial charge in [-0.1, -0.05) is 19.9 Å². The van der Waals surface area contributed by atoms with Crippen LogP contribution in [0.1, 0.15) is 45.1 Å². The number of fused-ring (bicyclic) bond motifs is 1. The molecule has 1 aliphatic carbocycles. The highest BCUT2D eigenvalue weighted by Gasteiger charge is 2.63. The van der Waals surface area contributed by atoms with Crippen molar-refractivity contribution in [2.24, 2.45) is 23.2 Å². The molecule has 3 aliphatic heterocycles. The number of carbonyl (C=O) groups is 3. The Hall–Kier alpha value is -3.11. The number of hydrogen-bond acceptors (Lipinski definition) is 8. The first-order valence-electron chi connectivity index (χ1n) is 15.1. The highest BCUT2D eigenvalue weighted by Crippen LogP contribution is 2.56. The average Bonchev–Trinajstić information content (AvgIpc) is 3.85. The number of ether oxygens (including phenoxy) is 5. The molecule has 3 fully saturated rings. The summed E-state index contributed by atoms with van der Waals surface area (Å²) >= 11 is 0. The largest absolute Gasteiger partial charge is 0.493 e. The van der Waals surface area contributed by atoms with Crippen LogP contribution in [0.3, 0.4) is 0 Å². The molecule has 0 radical (unpaired) electrons. The van der Waals surface area contributed by atoms with E-state index in [-0.39, 0.29) is 42.6 Å². The standard InChI is InChI=1S/C32H44N2O8/c1-20(2)25-18-27-32(31(37)40-5,29(42-25)22-7-8-22)19-23(17-28(35)33-12-14-41-15-13-33)30(36)34(27)11-10-21-6-9-24(38-3)26(16-21)39-4/h6,9,16,18,20,22-23,25,29H,7-8,10-15,17,19H2,1-5H3/t23-,25+,29+,32+/m0/s1. The predicted octanol–water partition coefficient (Wildman–Crippen LogP) is 3.22. The Labute approximate surface area is 248 Å². The molecule has 4 atom stereocenters. The number of carbonyl (C=O) groups excluding carboxylic acids is 3. The van der Waals surface area contributed by atoms with Gasteiger partial charge in [-0.05, 0) is 61.3 Å². The number of nitrogens with zero attached hydrogens (tertiary/aromatic N) is 2. The molecule has 2 saturated heterocycles. The maximum Gasteiger partial charge on any atom is 0.320 e. The van der Waals surface area contributed by atoms with Gasteiger partial charge in [0.25, 0.3) is 0 Å². The van der Waals surface area contributed by atoms with Crippen LogP contribution in [-0.4, -0.2) is 94.0 Å². The van der Waals surface area contributed by atoms with E-state index in [1.165, 1.54) is 7.11 Å². The third-order valence-corrected chi connectivity index (χ3v) is 9.16. The highest BCUT2D eigenvalue weighted by atomic mass is 16.5. The van der Waals surface area contributed by atoms with E-state index < -0.39 is 23.4 Å². The number of amides is 2. The van der Waals surface area contributed by atoms with E-state index in [4.69, 9.17) is 23.7 Å². The van der Waals surface area contributed by atoms with E-state index in [2.05, 4.69) is 13.8 Å². The third-order valence-electron chi connectivity index (χ3n) is 9.16. The number of rotatable bonds is 10. The van der Waals surface area contributed by atoms with Crippen molar-refractivity contribution in [1.82, 2.24) is 9.80 Å². The molecular weight excluding hydrogens is 540 g/mol. The lowest BCUT2D eigenvalue weighted by atomic mass is 9.64. The van der Waals surface area contributed by atoms with Crippen LogP contribution in [0.25, 0.3) is 0 Å². The maximum absolute atomic E-state index is 14.3. The van der Waals surface area contributed by atoms with Crippen LogP contribution in [0.2, 0.25) is 0 Å². The van der Waals surface area contributed by atoms with Crippen molar-refractivity contribution >= 4 is 17.8 Å². The lowest BCUT2D eigenvalue weighted by Crippen LogP contribution is -2.62. The molecule has 1 aromatic carbocycles. The Kier molecular flexibility index (Phi) is 9.13. The van der Waals surface area contributed by atoms with Crippen LogP contribution in [0.4, 0.5) is 0 Å². The Morgan fingerprint density at radius 2 is 1.79 bits per heavy atom. The maximum atomic E-state index is 14.3. The molecule has 0 spiro atoms. The zero-order valence-electron chi connectivity index (χ0n) is 25.4. The average molecular weight is 585 g/mol. The minimum Gasteiger partial charge on any atom is -0.493 e. The zero-order chi connectivity index (χ0) is 30.0. The molecule has 230 valence electrons. The van der Waals surface area contributed by atoms with E-state index in [0.29, 0.717) is 56.5 Å². The van der Waals surface area contributed by atoms with Crippen molar-refractivity contribution in [2.45, 2.75) is 58.2 Å². The molecule has 0 unspecified atom stereocenters. The summed E-state index contributed by atoms with van der Waals surface area (Å²) in [5.74, 6) is 0.273. The van der Waals surface area contributed by atoms with Crippen LogP contribution in [-0.2, 0) is 35.0 Å². The van der Waals surface area contributed by atoms with Crippen molar-refractivity contribution in [3.8, 4) is 11.5 Å². The first-order chi connectivity index (χ1) is 20.2. The fourth-order valence-corrected chi connectivity index (χ4v) is 6.71. The molecule has 1 saturated carbocycles. The molecule has 10 nitrogen and oxygen atoms in total. The zero-order valence-corrected chi connectivity index (χ0v) is 25.4. The number of likely N-dealkylation sites (tertiary alicyclic amines) is 1. The van der Waals surface area contributed by atoms with Crippen LogP contribution in [0, 0.1) is 23.2 Å². The monoisotopic (exact) mass is 584 g/mol. The van der Waals surface area contributed by atoms with Gasteiger partial charge in [-0.25, -0.2) is 0 Å². The van der Waals surface area contributed by atoms with E-state index in [1.54, 1.807) is 24.0 Å². The predicted molar refractivity (Wildman–Crippen MR) is 154 cm³/mol. The van der Waals surface area contributed by atoms with Gasteiger partial charge in [0.2, 0.25) is 11.8 Å². The van der Waals surface area contributed by atoms with Gasteiger partial charge in [0.15, 0.2) is 11.5 Å². The van der Waals surface area contributed by atoms with Gasteiger partial charge in [-0.3, -0.25) is 14.4 Å². The van der Waals surface area contributed by atoms with Crippen LogP contribution < -0.4 is 9.47 Å². The molecule has 3 heterocycles. The topological polar surface area (TPSA) is 104 Å². The fraction of sp³-hybridized carbons (Fsp3) is 0.656. The number of morpholine rings is 1. The van der Waals surface area contributed by atoms with Crippen LogP contribution in [0.5, 0.6) is 11.5 Å². The van der Waals surface area contributed by atoms with Gasteiger partial charge in [-0.2, -0.15) is 0 Å². The van der Waals surface area contributed by atoms with Crippen molar-refractivity contribution in [3.63, 3.8) is 0 Å². The van der Waals surface area contributed by atoms with Gasteiger partial charge in [-0.15, -0.1) is 0 Å². The minimum absolute atomic E-state index is 0.0305. The Balaban J connectivity index is 1.53. The summed E-state index contributed by atoms with van der Waals surface area (Å²) in [6.45, 7) is 6.46. The Bertz CT molecular complexity index is 1200. The van der Waals surface area contributed by atoms with Gasteiger partial charge in [0.05, 0.1) is 46.8 Å². The molecule has 4 aliphatic rings. The van der Waals surface area contributed by atoms with E-state index in [0.717, 1.165) is 18.4 Å². The number of benzene rings is 1. The molecule has 5 rings (SSSR count). The second kappa shape index (κ2) is 12.6. The van der Waals surface area contributed by atoms with E-state index >= 15 is 0 Å². The second-order valence-corrected chi connectivity index (χ2v) is 12.1. The first kappa shape index (κ1) is 30.4. The second-order valence-electron chi connectivity index (χ2n) is 12.1. The lowest BCUT2D eigenvalue weighted by molar-refractivity contribution is -0.182. The Morgan fingerprint density at radius 1 is 1.07 bits per heavy atom. The fourth-order valence-electron chi connectivity index (χ4n) is 6.71. The number of piperidine rings is 1. The minimum atomic E-state index is -1.16. The quantitative estimate of drug-likeness (QED) is 0.387. The Morgan fingerprint density at radius 3 is 2.40 bits per heavy atom. The molecule has 2 amide bonds. The smallest absolute Gasteiger partial charge is 0.320 e. The molecule has 1 aromatic rings. The molecular formula is C32H44N2O8. The van der Waals surface area contributed by atoms with Crippen molar-refractivity contribution in [2.75, 3.05) is 54.2 Å². The summed E-state index contributed by atoms with van der Waals surface area (Å²) < 4.78 is 28.5. The van der Waals surface area contributed by atoms with E-state index in [9.17, 15) is 14.4 Å². The summed E-state index contributed by atoms with van der Waals surface area (Å²) in [5, 5.41) is 0. The summed E-state index contributed by atoms with van der Waals surface area (Å²) in [6, 6.07) is 5.70.